The maximum atomic E-state index is 9.38. The molecular formula is C8H17NO2. The molecule has 1 fully saturated rings. The van der Waals surface area contributed by atoms with Gasteiger partial charge in [0.25, 0.3) is 0 Å². The van der Waals surface area contributed by atoms with Crippen LogP contribution in [0, 0.1) is 0 Å². The Labute approximate surface area is 67.9 Å². The van der Waals surface area contributed by atoms with Crippen molar-refractivity contribution in [3.63, 3.8) is 0 Å². The first-order valence-electron chi connectivity index (χ1n) is 4.15. The molecule has 0 aromatic carbocycles. The summed E-state index contributed by atoms with van der Waals surface area (Å²) in [4.78, 5) is 5.19. The van der Waals surface area contributed by atoms with Crippen LogP contribution in [-0.2, 0) is 4.84 Å². The minimum Gasteiger partial charge on any atom is -0.393 e. The fraction of sp³-hybridized carbons (Fsp3) is 1.00. The van der Waals surface area contributed by atoms with E-state index in [9.17, 15) is 5.11 Å². The molecule has 1 aliphatic rings. The summed E-state index contributed by atoms with van der Waals surface area (Å²) in [6, 6.07) is 0.664. The summed E-state index contributed by atoms with van der Waals surface area (Å²) < 4.78 is 0. The normalized spacial score (nSPS) is 40.9. The Kier molecular flexibility index (Phi) is 2.87. The lowest BCUT2D eigenvalue weighted by Crippen LogP contribution is -2.47. The monoisotopic (exact) mass is 159 g/mol. The molecule has 0 saturated carbocycles. The Bertz CT molecular complexity index is 117. The van der Waals surface area contributed by atoms with Crippen molar-refractivity contribution in [1.29, 1.82) is 0 Å². The zero-order chi connectivity index (χ0) is 8.43. The highest BCUT2D eigenvalue weighted by Gasteiger charge is 2.29. The third-order valence-electron chi connectivity index (χ3n) is 2.31. The van der Waals surface area contributed by atoms with Crippen molar-refractivity contribution in [2.24, 2.45) is 0 Å². The molecule has 1 aliphatic heterocycles. The van der Waals surface area contributed by atoms with Gasteiger partial charge < -0.3 is 9.94 Å². The lowest BCUT2D eigenvalue weighted by Gasteiger charge is -2.38. The van der Waals surface area contributed by atoms with Crippen molar-refractivity contribution >= 4 is 0 Å². The minimum absolute atomic E-state index is 0.147. The average molecular weight is 159 g/mol. The van der Waals surface area contributed by atoms with E-state index in [1.54, 1.807) is 7.11 Å². The van der Waals surface area contributed by atoms with E-state index in [0.717, 1.165) is 12.8 Å². The van der Waals surface area contributed by atoms with E-state index in [-0.39, 0.29) is 6.10 Å². The molecule has 1 heterocycles. The summed E-state index contributed by atoms with van der Waals surface area (Å²) in [5.41, 5.74) is 0. The summed E-state index contributed by atoms with van der Waals surface area (Å²) in [5.74, 6) is 0. The fourth-order valence-electron chi connectivity index (χ4n) is 1.89. The van der Waals surface area contributed by atoms with Crippen molar-refractivity contribution in [2.75, 3.05) is 7.11 Å². The SMILES string of the molecule is CON1C(C)CC(O)CC1C. The van der Waals surface area contributed by atoms with Gasteiger partial charge in [0, 0.05) is 12.1 Å². The second-order valence-electron chi connectivity index (χ2n) is 3.37. The van der Waals surface area contributed by atoms with Crippen molar-refractivity contribution < 1.29 is 9.94 Å². The van der Waals surface area contributed by atoms with Crippen molar-refractivity contribution in [3.05, 3.63) is 0 Å². The Morgan fingerprint density at radius 1 is 1.27 bits per heavy atom. The number of aliphatic hydroxyl groups excluding tert-OH is 1. The van der Waals surface area contributed by atoms with Crippen LogP contribution in [0.5, 0.6) is 0 Å². The number of nitrogens with zero attached hydrogens (tertiary/aromatic N) is 1. The molecule has 3 nitrogen and oxygen atoms in total. The molecule has 0 amide bonds. The van der Waals surface area contributed by atoms with Crippen molar-refractivity contribution in [2.45, 2.75) is 44.9 Å². The first-order valence-corrected chi connectivity index (χ1v) is 4.15. The first-order chi connectivity index (χ1) is 5.15. The predicted molar refractivity (Wildman–Crippen MR) is 43.0 cm³/mol. The number of aliphatic hydroxyl groups is 1. The van der Waals surface area contributed by atoms with E-state index in [2.05, 4.69) is 13.8 Å². The third-order valence-corrected chi connectivity index (χ3v) is 2.31. The zero-order valence-corrected chi connectivity index (χ0v) is 7.45. The van der Waals surface area contributed by atoms with Gasteiger partial charge in [0.1, 0.15) is 0 Å². The van der Waals surface area contributed by atoms with Crippen LogP contribution in [0.3, 0.4) is 0 Å². The van der Waals surface area contributed by atoms with E-state index >= 15 is 0 Å². The van der Waals surface area contributed by atoms with Gasteiger partial charge in [-0.25, -0.2) is 0 Å². The van der Waals surface area contributed by atoms with Gasteiger partial charge in [0.2, 0.25) is 0 Å². The van der Waals surface area contributed by atoms with Crippen LogP contribution in [0.1, 0.15) is 26.7 Å². The average Bonchev–Trinajstić information content (AvgIpc) is 1.85. The van der Waals surface area contributed by atoms with Gasteiger partial charge in [-0.05, 0) is 26.7 Å². The summed E-state index contributed by atoms with van der Waals surface area (Å²) in [6.07, 6.45) is 1.49. The maximum absolute atomic E-state index is 9.38. The Morgan fingerprint density at radius 3 is 2.09 bits per heavy atom. The molecule has 0 aromatic heterocycles. The largest absolute Gasteiger partial charge is 0.393 e. The van der Waals surface area contributed by atoms with Gasteiger partial charge in [0.05, 0.1) is 13.2 Å². The minimum atomic E-state index is -0.147. The van der Waals surface area contributed by atoms with Crippen LogP contribution in [0.25, 0.3) is 0 Å². The molecule has 1 N–H and O–H groups in total. The molecule has 3 heteroatoms. The van der Waals surface area contributed by atoms with E-state index in [0.29, 0.717) is 12.1 Å². The fourth-order valence-corrected chi connectivity index (χ4v) is 1.89. The molecule has 2 unspecified atom stereocenters. The van der Waals surface area contributed by atoms with Gasteiger partial charge in [-0.15, -0.1) is 0 Å². The second-order valence-corrected chi connectivity index (χ2v) is 3.37. The molecule has 0 spiro atoms. The lowest BCUT2D eigenvalue weighted by molar-refractivity contribution is -0.210. The van der Waals surface area contributed by atoms with Crippen LogP contribution in [0.4, 0.5) is 0 Å². The standard InChI is InChI=1S/C8H17NO2/c1-6-4-8(10)5-7(2)9(6)11-3/h6-8,10H,4-5H2,1-3H3. The molecule has 0 bridgehead atoms. The number of piperidine rings is 1. The molecule has 1 saturated heterocycles. The molecule has 2 atom stereocenters. The molecule has 0 aromatic rings. The highest BCUT2D eigenvalue weighted by atomic mass is 16.7. The molecule has 11 heavy (non-hydrogen) atoms. The van der Waals surface area contributed by atoms with Crippen molar-refractivity contribution in [3.8, 4) is 0 Å². The summed E-state index contributed by atoms with van der Waals surface area (Å²) >= 11 is 0. The quantitative estimate of drug-likeness (QED) is 0.613. The summed E-state index contributed by atoms with van der Waals surface area (Å²) in [6.45, 7) is 4.14. The van der Waals surface area contributed by atoms with Crippen LogP contribution in [0.2, 0.25) is 0 Å². The molecule has 1 rings (SSSR count). The topological polar surface area (TPSA) is 32.7 Å². The van der Waals surface area contributed by atoms with Gasteiger partial charge in [-0.2, -0.15) is 5.06 Å². The van der Waals surface area contributed by atoms with E-state index in [1.807, 2.05) is 5.06 Å². The van der Waals surface area contributed by atoms with Crippen LogP contribution >= 0.6 is 0 Å². The van der Waals surface area contributed by atoms with Gasteiger partial charge in [-0.1, -0.05) is 0 Å². The Hall–Kier alpha value is -0.120. The zero-order valence-electron chi connectivity index (χ0n) is 7.45. The van der Waals surface area contributed by atoms with Gasteiger partial charge in [0.15, 0.2) is 0 Å². The van der Waals surface area contributed by atoms with Crippen LogP contribution in [0.15, 0.2) is 0 Å². The highest BCUT2D eigenvalue weighted by molar-refractivity contribution is 4.79. The Morgan fingerprint density at radius 2 is 1.73 bits per heavy atom. The van der Waals surface area contributed by atoms with Crippen LogP contribution in [-0.4, -0.2) is 35.5 Å². The molecule has 0 aliphatic carbocycles. The molecule has 0 radical (unpaired) electrons. The highest BCUT2D eigenvalue weighted by Crippen LogP contribution is 2.22. The number of hydrogen-bond acceptors (Lipinski definition) is 3. The van der Waals surface area contributed by atoms with E-state index in [4.69, 9.17) is 4.84 Å². The van der Waals surface area contributed by atoms with E-state index < -0.39 is 0 Å². The molecule has 66 valence electrons. The molecular weight excluding hydrogens is 142 g/mol. The van der Waals surface area contributed by atoms with Crippen LogP contribution < -0.4 is 0 Å². The van der Waals surface area contributed by atoms with E-state index in [1.165, 1.54) is 0 Å². The number of rotatable bonds is 1. The number of hydrogen-bond donors (Lipinski definition) is 1. The van der Waals surface area contributed by atoms with Gasteiger partial charge in [-0.3, -0.25) is 0 Å². The predicted octanol–water partition coefficient (Wildman–Crippen LogP) is 0.782. The summed E-state index contributed by atoms with van der Waals surface area (Å²) in [7, 11) is 1.69. The smallest absolute Gasteiger partial charge is 0.0575 e. The third kappa shape index (κ3) is 1.92. The summed E-state index contributed by atoms with van der Waals surface area (Å²) in [5, 5.41) is 11.3. The number of hydroxylamine groups is 2. The van der Waals surface area contributed by atoms with Crippen molar-refractivity contribution in [1.82, 2.24) is 5.06 Å². The first kappa shape index (κ1) is 8.97. The maximum Gasteiger partial charge on any atom is 0.0575 e. The second kappa shape index (κ2) is 3.52. The lowest BCUT2D eigenvalue weighted by atomic mass is 9.97. The van der Waals surface area contributed by atoms with Gasteiger partial charge >= 0.3 is 0 Å². The Balaban J connectivity index is 2.52.